The van der Waals surface area contributed by atoms with Crippen molar-refractivity contribution in [3.63, 3.8) is 0 Å². The van der Waals surface area contributed by atoms with Gasteiger partial charge in [-0.05, 0) is 6.92 Å². The van der Waals surface area contributed by atoms with Crippen molar-refractivity contribution in [1.82, 2.24) is 5.16 Å². The van der Waals surface area contributed by atoms with E-state index in [9.17, 15) is 26.7 Å². The molecule has 106 valence electrons. The van der Waals surface area contributed by atoms with Crippen LogP contribution in [0.2, 0.25) is 0 Å². The zero-order chi connectivity index (χ0) is 15.2. The largest absolute Gasteiger partial charge is 0.477 e. The molecule has 0 aliphatic heterocycles. The fourth-order valence-corrected chi connectivity index (χ4v) is 1.61. The minimum Gasteiger partial charge on any atom is -0.477 e. The van der Waals surface area contributed by atoms with E-state index >= 15 is 0 Å². The molecule has 1 aromatic heterocycles. The molecule has 4 nitrogen and oxygen atoms in total. The Morgan fingerprint density at radius 3 is 1.90 bits per heavy atom. The van der Waals surface area contributed by atoms with Crippen molar-refractivity contribution < 1.29 is 36.4 Å². The molecule has 0 aliphatic rings. The molecule has 1 N–H and O–H groups in total. The van der Waals surface area contributed by atoms with Crippen molar-refractivity contribution in [2.24, 2.45) is 0 Å². The van der Waals surface area contributed by atoms with Crippen LogP contribution < -0.4 is 0 Å². The lowest BCUT2D eigenvalue weighted by molar-refractivity contribution is 0.0695. The third kappa shape index (κ3) is 1.82. The second-order valence-electron chi connectivity index (χ2n) is 3.71. The molecule has 0 aliphatic carbocycles. The Morgan fingerprint density at radius 2 is 1.45 bits per heavy atom. The van der Waals surface area contributed by atoms with Gasteiger partial charge in [0.25, 0.3) is 0 Å². The Hall–Kier alpha value is -2.45. The zero-order valence-corrected chi connectivity index (χ0v) is 9.60. The lowest BCUT2D eigenvalue weighted by Gasteiger charge is -2.06. The van der Waals surface area contributed by atoms with E-state index in [1.807, 2.05) is 0 Å². The Morgan fingerprint density at radius 1 is 1.00 bits per heavy atom. The summed E-state index contributed by atoms with van der Waals surface area (Å²) < 4.78 is 70.5. The molecule has 0 radical (unpaired) electrons. The van der Waals surface area contributed by atoms with Crippen molar-refractivity contribution >= 4 is 5.97 Å². The Balaban J connectivity index is 2.88. The fraction of sp³-hybridized carbons (Fsp3) is 0.0909. The molecule has 0 atom stereocenters. The number of hydrogen-bond donors (Lipinski definition) is 1. The smallest absolute Gasteiger partial charge is 0.341 e. The summed E-state index contributed by atoms with van der Waals surface area (Å²) in [6.45, 7) is 1.12. The van der Waals surface area contributed by atoms with Crippen molar-refractivity contribution in [1.29, 1.82) is 0 Å². The topological polar surface area (TPSA) is 63.3 Å². The average Bonchev–Trinajstić information content (AvgIpc) is 2.76. The van der Waals surface area contributed by atoms with E-state index < -0.39 is 51.9 Å². The first kappa shape index (κ1) is 14.0. The predicted molar refractivity (Wildman–Crippen MR) is 53.4 cm³/mol. The number of benzene rings is 1. The maximum absolute atomic E-state index is 13.5. The SMILES string of the molecule is Cc1onc(-c2c(F)c(F)c(F)c(F)c2F)c1C(=O)O. The summed E-state index contributed by atoms with van der Waals surface area (Å²) in [4.78, 5) is 10.9. The Labute approximate surface area is 107 Å². The zero-order valence-electron chi connectivity index (χ0n) is 9.60. The fourth-order valence-electron chi connectivity index (χ4n) is 1.61. The van der Waals surface area contributed by atoms with Crippen LogP contribution in [0.3, 0.4) is 0 Å². The molecule has 0 unspecified atom stereocenters. The van der Waals surface area contributed by atoms with Crippen LogP contribution in [0.15, 0.2) is 4.52 Å². The van der Waals surface area contributed by atoms with Gasteiger partial charge < -0.3 is 9.63 Å². The van der Waals surface area contributed by atoms with Crippen LogP contribution in [0.5, 0.6) is 0 Å². The van der Waals surface area contributed by atoms with Gasteiger partial charge in [-0.2, -0.15) is 0 Å². The summed E-state index contributed by atoms with van der Waals surface area (Å²) in [5, 5.41) is 11.9. The molecule has 1 heterocycles. The lowest BCUT2D eigenvalue weighted by atomic mass is 10.0. The third-order valence-electron chi connectivity index (χ3n) is 2.52. The van der Waals surface area contributed by atoms with Crippen LogP contribution in [0, 0.1) is 36.0 Å². The van der Waals surface area contributed by atoms with Gasteiger partial charge in [-0.15, -0.1) is 0 Å². The summed E-state index contributed by atoms with van der Waals surface area (Å²) in [5.74, 6) is -13.1. The van der Waals surface area contributed by atoms with Crippen LogP contribution in [0.1, 0.15) is 16.1 Å². The number of aryl methyl sites for hydroxylation is 1. The molecule has 0 fully saturated rings. The minimum atomic E-state index is -2.35. The van der Waals surface area contributed by atoms with Crippen LogP contribution in [-0.2, 0) is 0 Å². The average molecular weight is 293 g/mol. The van der Waals surface area contributed by atoms with E-state index in [4.69, 9.17) is 5.11 Å². The summed E-state index contributed by atoms with van der Waals surface area (Å²) in [5.41, 5.74) is -3.20. The highest BCUT2D eigenvalue weighted by molar-refractivity contribution is 5.95. The van der Waals surface area contributed by atoms with Crippen molar-refractivity contribution in [2.75, 3.05) is 0 Å². The molecule has 0 saturated heterocycles. The maximum Gasteiger partial charge on any atom is 0.341 e. The molecule has 0 bridgehead atoms. The lowest BCUT2D eigenvalue weighted by Crippen LogP contribution is -2.07. The molecule has 0 amide bonds. The van der Waals surface area contributed by atoms with Crippen LogP contribution >= 0.6 is 0 Å². The molecule has 2 rings (SSSR count). The molecule has 1 aromatic carbocycles. The van der Waals surface area contributed by atoms with E-state index in [-0.39, 0.29) is 5.76 Å². The standard InChI is InChI=1S/C11H4F5NO3/c1-2-3(11(18)19)10(17-20-2)4-5(12)7(14)9(16)8(15)6(4)13/h1H3,(H,18,19). The van der Waals surface area contributed by atoms with E-state index in [0.717, 1.165) is 6.92 Å². The van der Waals surface area contributed by atoms with Gasteiger partial charge in [0, 0.05) is 0 Å². The van der Waals surface area contributed by atoms with Gasteiger partial charge in [0.15, 0.2) is 23.3 Å². The highest BCUT2D eigenvalue weighted by Gasteiger charge is 2.32. The first-order valence-electron chi connectivity index (χ1n) is 4.98. The van der Waals surface area contributed by atoms with Crippen molar-refractivity contribution in [2.45, 2.75) is 6.92 Å². The van der Waals surface area contributed by atoms with Crippen molar-refractivity contribution in [3.8, 4) is 11.3 Å². The number of carboxylic acids is 1. The highest BCUT2D eigenvalue weighted by atomic mass is 19.2. The van der Waals surface area contributed by atoms with E-state index in [1.165, 1.54) is 0 Å². The summed E-state index contributed by atoms with van der Waals surface area (Å²) in [6.07, 6.45) is 0. The van der Waals surface area contributed by atoms with Gasteiger partial charge >= 0.3 is 5.97 Å². The normalized spacial score (nSPS) is 10.9. The number of aromatic carboxylic acids is 1. The Bertz CT molecular complexity index is 696. The molecule has 20 heavy (non-hydrogen) atoms. The predicted octanol–water partition coefficient (Wildman–Crippen LogP) is 3.04. The van der Waals surface area contributed by atoms with Gasteiger partial charge in [-0.25, -0.2) is 26.7 Å². The van der Waals surface area contributed by atoms with Crippen LogP contribution in [0.25, 0.3) is 11.3 Å². The molecule has 9 heteroatoms. The summed E-state index contributed by atoms with van der Waals surface area (Å²) >= 11 is 0. The van der Waals surface area contributed by atoms with Gasteiger partial charge in [-0.3, -0.25) is 0 Å². The number of carbonyl (C=O) groups is 1. The summed E-state index contributed by atoms with van der Waals surface area (Å²) in [6, 6.07) is 0. The number of rotatable bonds is 2. The van der Waals surface area contributed by atoms with Crippen molar-refractivity contribution in [3.05, 3.63) is 40.4 Å². The third-order valence-corrected chi connectivity index (χ3v) is 2.52. The first-order chi connectivity index (χ1) is 9.27. The van der Waals surface area contributed by atoms with Crippen LogP contribution in [-0.4, -0.2) is 16.2 Å². The van der Waals surface area contributed by atoms with E-state index in [1.54, 1.807) is 0 Å². The molecular formula is C11H4F5NO3. The maximum atomic E-state index is 13.5. The minimum absolute atomic E-state index is 0.337. The number of halogens is 5. The number of aromatic nitrogens is 1. The summed E-state index contributed by atoms with van der Waals surface area (Å²) in [7, 11) is 0. The highest BCUT2D eigenvalue weighted by Crippen LogP contribution is 2.33. The second kappa shape index (κ2) is 4.58. The van der Waals surface area contributed by atoms with E-state index in [0.29, 0.717) is 0 Å². The number of hydrogen-bond acceptors (Lipinski definition) is 3. The second-order valence-corrected chi connectivity index (χ2v) is 3.71. The van der Waals surface area contributed by atoms with E-state index in [2.05, 4.69) is 9.68 Å². The number of carboxylic acid groups (broad SMARTS) is 1. The quantitative estimate of drug-likeness (QED) is 0.525. The molecule has 2 aromatic rings. The van der Waals surface area contributed by atoms with Gasteiger partial charge in [0.05, 0.1) is 5.56 Å². The van der Waals surface area contributed by atoms with Gasteiger partial charge in [0.1, 0.15) is 17.0 Å². The molecule has 0 saturated carbocycles. The van der Waals surface area contributed by atoms with Crippen LogP contribution in [0.4, 0.5) is 22.0 Å². The number of nitrogens with zero attached hydrogens (tertiary/aromatic N) is 1. The Kier molecular flexibility index (Phi) is 3.20. The van der Waals surface area contributed by atoms with Gasteiger partial charge in [0.2, 0.25) is 5.82 Å². The monoisotopic (exact) mass is 293 g/mol. The first-order valence-corrected chi connectivity index (χ1v) is 4.98. The van der Waals surface area contributed by atoms with Gasteiger partial charge in [-0.1, -0.05) is 5.16 Å². The molecule has 0 spiro atoms. The molecular weight excluding hydrogens is 289 g/mol.